The minimum atomic E-state index is -3.52. The molecule has 3 fully saturated rings. The van der Waals surface area contributed by atoms with Gasteiger partial charge >= 0.3 is 0 Å². The molecule has 2 heterocycles. The van der Waals surface area contributed by atoms with Crippen molar-refractivity contribution in [3.8, 4) is 0 Å². The molecule has 2 aliphatic carbocycles. The van der Waals surface area contributed by atoms with E-state index in [-0.39, 0.29) is 11.2 Å². The number of hydrogen-bond donors (Lipinski definition) is 0. The van der Waals surface area contributed by atoms with Crippen molar-refractivity contribution in [3.63, 3.8) is 0 Å². The van der Waals surface area contributed by atoms with Gasteiger partial charge in [0, 0.05) is 38.1 Å². The Balaban J connectivity index is 1.21. The highest BCUT2D eigenvalue weighted by molar-refractivity contribution is 8.00. The van der Waals surface area contributed by atoms with Crippen molar-refractivity contribution in [2.75, 3.05) is 26.2 Å². The van der Waals surface area contributed by atoms with E-state index in [1.807, 2.05) is 6.92 Å². The minimum Gasteiger partial charge on any atom is -0.339 e. The Morgan fingerprint density at radius 3 is 2.32 bits per heavy atom. The molecular formula is C21H27N5O3S2. The van der Waals surface area contributed by atoms with Gasteiger partial charge in [-0.1, -0.05) is 30.0 Å². The van der Waals surface area contributed by atoms with Crippen molar-refractivity contribution in [2.24, 2.45) is 0 Å². The number of sulfonamides is 1. The van der Waals surface area contributed by atoms with Crippen LogP contribution in [0.15, 0.2) is 40.4 Å². The molecule has 3 aliphatic rings. The van der Waals surface area contributed by atoms with E-state index in [9.17, 15) is 13.2 Å². The second kappa shape index (κ2) is 8.22. The first-order valence-corrected chi connectivity index (χ1v) is 13.2. The van der Waals surface area contributed by atoms with Gasteiger partial charge in [-0.3, -0.25) is 4.79 Å². The summed E-state index contributed by atoms with van der Waals surface area (Å²) in [5.74, 6) is 1.65. The SMILES string of the molecule is C[C@@H](Sc1nnc(C2CC2)n1C1CC1)C(=O)N1CCN(S(=O)(=O)c2ccccc2)CC1. The first-order chi connectivity index (χ1) is 14.9. The van der Waals surface area contributed by atoms with Crippen LogP contribution in [0.25, 0.3) is 0 Å². The van der Waals surface area contributed by atoms with Gasteiger partial charge in [-0.15, -0.1) is 10.2 Å². The van der Waals surface area contributed by atoms with E-state index < -0.39 is 10.0 Å². The highest BCUT2D eigenvalue weighted by atomic mass is 32.2. The normalized spacial score (nSPS) is 21.3. The number of nitrogens with zero attached hydrogens (tertiary/aromatic N) is 5. The molecule has 1 amide bonds. The van der Waals surface area contributed by atoms with Gasteiger partial charge in [0.25, 0.3) is 0 Å². The summed E-state index contributed by atoms with van der Waals surface area (Å²) in [5.41, 5.74) is 0. The average Bonchev–Trinajstić information content (AvgIpc) is 3.73. The van der Waals surface area contributed by atoms with Gasteiger partial charge in [0.1, 0.15) is 5.82 Å². The Hall–Kier alpha value is -1.91. The summed E-state index contributed by atoms with van der Waals surface area (Å²) in [6.07, 6.45) is 4.68. The molecule has 1 atom stereocenters. The lowest BCUT2D eigenvalue weighted by molar-refractivity contribution is -0.131. The molecule has 1 aromatic carbocycles. The van der Waals surface area contributed by atoms with Crippen molar-refractivity contribution in [1.29, 1.82) is 0 Å². The van der Waals surface area contributed by atoms with E-state index >= 15 is 0 Å². The van der Waals surface area contributed by atoms with Gasteiger partial charge in [-0.25, -0.2) is 8.42 Å². The Kier molecular flexibility index (Phi) is 5.56. The summed E-state index contributed by atoms with van der Waals surface area (Å²) in [5, 5.41) is 9.38. The predicted octanol–water partition coefficient (Wildman–Crippen LogP) is 2.50. The fourth-order valence-corrected chi connectivity index (χ4v) is 6.47. The molecule has 0 N–H and O–H groups in total. The number of carbonyl (C=O) groups excluding carboxylic acids is 1. The first kappa shape index (κ1) is 21.0. The maximum atomic E-state index is 13.1. The molecule has 0 unspecified atom stereocenters. The molecule has 0 radical (unpaired) electrons. The summed E-state index contributed by atoms with van der Waals surface area (Å²) in [6, 6.07) is 8.95. The molecule has 1 saturated heterocycles. The van der Waals surface area contributed by atoms with E-state index in [2.05, 4.69) is 14.8 Å². The molecule has 0 spiro atoms. The summed E-state index contributed by atoms with van der Waals surface area (Å²) >= 11 is 1.48. The third-order valence-corrected chi connectivity index (χ3v) is 9.06. The lowest BCUT2D eigenvalue weighted by Gasteiger charge is -2.35. The van der Waals surface area contributed by atoms with Gasteiger partial charge in [-0.2, -0.15) is 4.31 Å². The summed E-state index contributed by atoms with van der Waals surface area (Å²) in [4.78, 5) is 15.1. The number of benzene rings is 1. The zero-order valence-electron chi connectivity index (χ0n) is 17.6. The van der Waals surface area contributed by atoms with E-state index in [1.165, 1.54) is 28.9 Å². The maximum absolute atomic E-state index is 13.1. The molecule has 2 saturated carbocycles. The first-order valence-electron chi connectivity index (χ1n) is 10.9. The largest absolute Gasteiger partial charge is 0.339 e. The van der Waals surface area contributed by atoms with Crippen LogP contribution in [0.4, 0.5) is 0 Å². The number of amides is 1. The molecular weight excluding hydrogens is 434 g/mol. The zero-order valence-corrected chi connectivity index (χ0v) is 19.2. The Bertz CT molecular complexity index is 1060. The third kappa shape index (κ3) is 4.25. The van der Waals surface area contributed by atoms with Crippen LogP contribution in [0, 0.1) is 0 Å². The topological polar surface area (TPSA) is 88.4 Å². The fraction of sp³-hybridized carbons (Fsp3) is 0.571. The monoisotopic (exact) mass is 461 g/mol. The quantitative estimate of drug-likeness (QED) is 0.589. The van der Waals surface area contributed by atoms with Crippen LogP contribution >= 0.6 is 11.8 Å². The zero-order chi connectivity index (χ0) is 21.6. The fourth-order valence-electron chi connectivity index (χ4n) is 4.02. The molecule has 0 bridgehead atoms. The van der Waals surface area contributed by atoms with Crippen molar-refractivity contribution in [1.82, 2.24) is 24.0 Å². The Morgan fingerprint density at radius 1 is 1.03 bits per heavy atom. The van der Waals surface area contributed by atoms with Crippen LogP contribution < -0.4 is 0 Å². The van der Waals surface area contributed by atoms with Gasteiger partial charge in [0.05, 0.1) is 10.1 Å². The van der Waals surface area contributed by atoms with E-state index in [1.54, 1.807) is 35.2 Å². The number of thioether (sulfide) groups is 1. The summed E-state index contributed by atoms with van der Waals surface area (Å²) in [6.45, 7) is 3.33. The number of aromatic nitrogens is 3. The second-order valence-electron chi connectivity index (χ2n) is 8.52. The lowest BCUT2D eigenvalue weighted by atomic mass is 10.3. The van der Waals surface area contributed by atoms with Crippen molar-refractivity contribution < 1.29 is 13.2 Å². The van der Waals surface area contributed by atoms with Crippen molar-refractivity contribution in [3.05, 3.63) is 36.2 Å². The van der Waals surface area contributed by atoms with E-state index in [0.29, 0.717) is 43.0 Å². The van der Waals surface area contributed by atoms with Gasteiger partial charge in [0.2, 0.25) is 15.9 Å². The molecule has 1 aromatic heterocycles. The number of rotatable bonds is 7. The molecule has 10 heteroatoms. The standard InChI is InChI=1S/C21H27N5O3S2/c1-15(30-21-23-22-19(16-7-8-16)26(21)17-9-10-17)20(27)24-11-13-25(14-12-24)31(28,29)18-5-3-2-4-6-18/h2-6,15-17H,7-14H2,1H3/t15-/m1/s1. The minimum absolute atomic E-state index is 0.0278. The Morgan fingerprint density at radius 2 is 1.71 bits per heavy atom. The molecule has 1 aliphatic heterocycles. The van der Waals surface area contributed by atoms with Gasteiger partial charge in [-0.05, 0) is 44.7 Å². The highest BCUT2D eigenvalue weighted by Crippen LogP contribution is 2.46. The van der Waals surface area contributed by atoms with Gasteiger partial charge in [0.15, 0.2) is 5.16 Å². The van der Waals surface area contributed by atoms with Crippen molar-refractivity contribution >= 4 is 27.7 Å². The predicted molar refractivity (Wildman–Crippen MR) is 117 cm³/mol. The van der Waals surface area contributed by atoms with Crippen LogP contribution in [0.3, 0.4) is 0 Å². The highest BCUT2D eigenvalue weighted by Gasteiger charge is 2.38. The molecule has 31 heavy (non-hydrogen) atoms. The lowest BCUT2D eigenvalue weighted by Crippen LogP contribution is -2.52. The number of piperazine rings is 1. The molecule has 8 nitrogen and oxygen atoms in total. The smallest absolute Gasteiger partial charge is 0.243 e. The van der Waals surface area contributed by atoms with Crippen LogP contribution in [-0.4, -0.2) is 69.7 Å². The number of carbonyl (C=O) groups is 1. The van der Waals surface area contributed by atoms with Crippen LogP contribution in [0.5, 0.6) is 0 Å². The second-order valence-corrected chi connectivity index (χ2v) is 11.8. The molecule has 2 aromatic rings. The van der Waals surface area contributed by atoms with Crippen LogP contribution in [-0.2, 0) is 14.8 Å². The molecule has 5 rings (SSSR count). The van der Waals surface area contributed by atoms with Gasteiger partial charge < -0.3 is 9.47 Å². The Labute approximate surface area is 187 Å². The van der Waals surface area contributed by atoms with E-state index in [0.717, 1.165) is 23.8 Å². The van der Waals surface area contributed by atoms with Crippen LogP contribution in [0.1, 0.15) is 50.4 Å². The van der Waals surface area contributed by atoms with Crippen LogP contribution in [0.2, 0.25) is 0 Å². The van der Waals surface area contributed by atoms with Crippen molar-refractivity contribution in [2.45, 2.75) is 59.9 Å². The molecule has 166 valence electrons. The third-order valence-electron chi connectivity index (χ3n) is 6.11. The van der Waals surface area contributed by atoms with E-state index in [4.69, 9.17) is 0 Å². The maximum Gasteiger partial charge on any atom is 0.243 e. The number of hydrogen-bond acceptors (Lipinski definition) is 6. The summed E-state index contributed by atoms with van der Waals surface area (Å²) in [7, 11) is -3.52. The summed E-state index contributed by atoms with van der Waals surface area (Å²) < 4.78 is 29.3. The average molecular weight is 462 g/mol.